The maximum Gasteiger partial charge on any atom is 0.395 e. The van der Waals surface area contributed by atoms with Gasteiger partial charge in [0.15, 0.2) is 0 Å². The van der Waals surface area contributed by atoms with E-state index in [9.17, 15) is 9.36 Å². The van der Waals surface area contributed by atoms with Crippen molar-refractivity contribution in [3.63, 3.8) is 0 Å². The van der Waals surface area contributed by atoms with Gasteiger partial charge in [-0.1, -0.05) is 39.0 Å². The van der Waals surface area contributed by atoms with Crippen molar-refractivity contribution >= 4 is 14.6 Å². The molecule has 158 valence electrons. The van der Waals surface area contributed by atoms with Crippen LogP contribution in [0.25, 0.3) is 0 Å². The van der Waals surface area contributed by atoms with Gasteiger partial charge in [0.25, 0.3) is 0 Å². The van der Waals surface area contributed by atoms with Crippen molar-refractivity contribution < 1.29 is 18.6 Å². The average Bonchev–Trinajstić information content (AvgIpc) is 2.76. The molecule has 2 N–H and O–H groups in total. The fourth-order valence-corrected chi connectivity index (χ4v) is 3.34. The highest BCUT2D eigenvalue weighted by Gasteiger charge is 2.27. The number of para-hydroxylation sites is 1. The van der Waals surface area contributed by atoms with Crippen LogP contribution in [0.15, 0.2) is 30.3 Å². The van der Waals surface area contributed by atoms with Crippen molar-refractivity contribution in [1.82, 2.24) is 4.90 Å². The maximum absolute atomic E-state index is 12.5. The Bertz CT molecular complexity index is 561. The summed E-state index contributed by atoms with van der Waals surface area (Å²) in [5.74, 6) is 1.04. The van der Waals surface area contributed by atoms with Gasteiger partial charge < -0.3 is 19.9 Å². The lowest BCUT2D eigenvalue weighted by atomic mass is 9.84. The molecule has 0 aliphatic carbocycles. The predicted octanol–water partition coefficient (Wildman–Crippen LogP) is 4.44. The molecule has 1 aromatic rings. The summed E-state index contributed by atoms with van der Waals surface area (Å²) in [6.45, 7) is 9.19. The third kappa shape index (κ3) is 8.68. The normalized spacial score (nSPS) is 15.5. The van der Waals surface area contributed by atoms with E-state index < -0.39 is 0 Å². The molecule has 1 aliphatic heterocycles. The zero-order valence-corrected chi connectivity index (χ0v) is 18.3. The van der Waals surface area contributed by atoms with E-state index in [0.717, 1.165) is 45.2 Å². The second kappa shape index (κ2) is 13.6. The summed E-state index contributed by atoms with van der Waals surface area (Å²) in [5.41, 5.74) is 6.23. The van der Waals surface area contributed by atoms with Gasteiger partial charge in [-0.05, 0) is 44.2 Å². The van der Waals surface area contributed by atoms with Gasteiger partial charge in [-0.15, -0.1) is 0 Å². The smallest absolute Gasteiger partial charge is 0.395 e. The summed E-state index contributed by atoms with van der Waals surface area (Å²) in [7, 11) is -0.305. The Labute approximate surface area is 171 Å². The Balaban J connectivity index is 0.000000362. The molecule has 1 saturated heterocycles. The molecule has 2 rings (SSSR count). The molecule has 1 fully saturated rings. The number of carbonyl (C=O) groups is 1. The summed E-state index contributed by atoms with van der Waals surface area (Å²) in [4.78, 5) is 14.4. The van der Waals surface area contributed by atoms with Gasteiger partial charge in [0.2, 0.25) is 5.91 Å². The maximum atomic E-state index is 12.5. The number of nitrogens with two attached hydrogens (primary N) is 1. The number of rotatable bonds is 9. The Kier molecular flexibility index (Phi) is 12.0. The molecule has 0 spiro atoms. The summed E-state index contributed by atoms with van der Waals surface area (Å²) in [5, 5.41) is 0. The van der Waals surface area contributed by atoms with Crippen molar-refractivity contribution in [3.8, 4) is 5.75 Å². The van der Waals surface area contributed by atoms with Crippen LogP contribution in [0.3, 0.4) is 0 Å². The van der Waals surface area contributed by atoms with Gasteiger partial charge in [-0.25, -0.2) is 4.57 Å². The molecule has 1 unspecified atom stereocenters. The fraction of sp³-hybridized carbons (Fsp3) is 0.667. The van der Waals surface area contributed by atoms with E-state index in [1.165, 1.54) is 0 Å². The molecule has 0 bridgehead atoms. The standard InChI is InChI=1S/C15H30N2O2.C6H5O2P/c1-4-13(7-8-15(16,5-2)6-3)14(18)17-9-11-19-12-10-17;7-9-8-6-4-2-1-3-5-6/h13H,4-12,16H2,1-3H3;1-5H. The van der Waals surface area contributed by atoms with E-state index in [1.807, 2.05) is 23.1 Å². The summed E-state index contributed by atoms with van der Waals surface area (Å²) in [6, 6.07) is 8.99. The van der Waals surface area contributed by atoms with E-state index in [4.69, 9.17) is 10.5 Å². The van der Waals surface area contributed by atoms with Gasteiger partial charge in [-0.3, -0.25) is 4.79 Å². The van der Waals surface area contributed by atoms with Crippen LogP contribution >= 0.6 is 8.69 Å². The molecule has 1 aromatic carbocycles. The lowest BCUT2D eigenvalue weighted by molar-refractivity contribution is -0.140. The fourth-order valence-electron chi connectivity index (χ4n) is 3.13. The van der Waals surface area contributed by atoms with Crippen molar-refractivity contribution in [1.29, 1.82) is 0 Å². The van der Waals surface area contributed by atoms with Gasteiger partial charge in [0, 0.05) is 24.5 Å². The minimum atomic E-state index is -0.305. The second-order valence-electron chi connectivity index (χ2n) is 7.13. The highest BCUT2D eigenvalue weighted by atomic mass is 31.1. The molecular formula is C21H35N2O4P. The molecule has 7 heteroatoms. The lowest BCUT2D eigenvalue weighted by Gasteiger charge is -2.32. The number of hydrogen-bond acceptors (Lipinski definition) is 5. The van der Waals surface area contributed by atoms with E-state index in [0.29, 0.717) is 24.9 Å². The molecule has 1 amide bonds. The highest BCUT2D eigenvalue weighted by molar-refractivity contribution is 7.17. The molecule has 1 heterocycles. The van der Waals surface area contributed by atoms with Gasteiger partial charge in [-0.2, -0.15) is 0 Å². The minimum absolute atomic E-state index is 0.0985. The SMILES string of the molecule is CCC(CCC(N)(CC)CC)C(=O)N1CCOCC1.O=POc1ccccc1. The van der Waals surface area contributed by atoms with E-state index in [-0.39, 0.29) is 20.1 Å². The van der Waals surface area contributed by atoms with E-state index in [2.05, 4.69) is 25.3 Å². The largest absolute Gasteiger partial charge is 0.408 e. The van der Waals surface area contributed by atoms with Crippen molar-refractivity contribution in [2.24, 2.45) is 11.7 Å². The van der Waals surface area contributed by atoms with Gasteiger partial charge in [0.05, 0.1) is 13.2 Å². The molecule has 1 atom stereocenters. The van der Waals surface area contributed by atoms with Crippen LogP contribution in [0.1, 0.15) is 52.9 Å². The lowest BCUT2D eigenvalue weighted by Crippen LogP contribution is -2.45. The minimum Gasteiger partial charge on any atom is -0.408 e. The number of nitrogens with zero attached hydrogens (tertiary/aromatic N) is 1. The van der Waals surface area contributed by atoms with Crippen LogP contribution in [-0.4, -0.2) is 42.6 Å². The monoisotopic (exact) mass is 410 g/mol. The average molecular weight is 410 g/mol. The van der Waals surface area contributed by atoms with Crippen molar-refractivity contribution in [2.45, 2.75) is 58.4 Å². The van der Waals surface area contributed by atoms with Crippen LogP contribution in [0, 0.1) is 5.92 Å². The number of ether oxygens (including phenoxy) is 1. The molecule has 1 aliphatic rings. The van der Waals surface area contributed by atoms with Crippen molar-refractivity contribution in [3.05, 3.63) is 30.3 Å². The zero-order chi connectivity index (χ0) is 20.8. The van der Waals surface area contributed by atoms with Crippen molar-refractivity contribution in [2.75, 3.05) is 26.3 Å². The van der Waals surface area contributed by atoms with Crippen LogP contribution in [0.4, 0.5) is 0 Å². The molecular weight excluding hydrogens is 375 g/mol. The molecule has 0 aromatic heterocycles. The third-order valence-electron chi connectivity index (χ3n) is 5.45. The molecule has 28 heavy (non-hydrogen) atoms. The number of carbonyl (C=O) groups excluding carboxylic acids is 1. The van der Waals surface area contributed by atoms with Gasteiger partial charge >= 0.3 is 8.69 Å². The van der Waals surface area contributed by atoms with E-state index >= 15 is 0 Å². The zero-order valence-electron chi connectivity index (χ0n) is 17.4. The van der Waals surface area contributed by atoms with Crippen LogP contribution in [-0.2, 0) is 14.1 Å². The third-order valence-corrected chi connectivity index (χ3v) is 5.73. The summed E-state index contributed by atoms with van der Waals surface area (Å²) < 4.78 is 19.8. The summed E-state index contributed by atoms with van der Waals surface area (Å²) >= 11 is 0. The Morgan fingerprint density at radius 3 is 2.32 bits per heavy atom. The van der Waals surface area contributed by atoms with Crippen LogP contribution < -0.4 is 10.3 Å². The van der Waals surface area contributed by atoms with Crippen LogP contribution in [0.2, 0.25) is 0 Å². The predicted molar refractivity (Wildman–Crippen MR) is 113 cm³/mol. The second-order valence-corrected chi connectivity index (χ2v) is 7.46. The highest BCUT2D eigenvalue weighted by Crippen LogP contribution is 2.24. The van der Waals surface area contributed by atoms with E-state index in [1.54, 1.807) is 12.1 Å². The number of benzene rings is 1. The Hall–Kier alpha value is -1.49. The quantitative estimate of drug-likeness (QED) is 0.609. The molecule has 6 nitrogen and oxygen atoms in total. The first-order valence-corrected chi connectivity index (χ1v) is 10.9. The van der Waals surface area contributed by atoms with Gasteiger partial charge in [0.1, 0.15) is 5.75 Å². The number of hydrogen-bond donors (Lipinski definition) is 1. The topological polar surface area (TPSA) is 81.9 Å². The Morgan fingerprint density at radius 2 is 1.82 bits per heavy atom. The number of amides is 1. The Morgan fingerprint density at radius 1 is 1.21 bits per heavy atom. The first kappa shape index (κ1) is 24.5. The number of morpholine rings is 1. The molecule has 0 radical (unpaired) electrons. The van der Waals surface area contributed by atoms with Crippen LogP contribution in [0.5, 0.6) is 5.75 Å². The first-order chi connectivity index (χ1) is 13.5. The first-order valence-electron chi connectivity index (χ1n) is 10.2. The summed E-state index contributed by atoms with van der Waals surface area (Å²) in [6.07, 6.45) is 4.70. The molecule has 0 saturated carbocycles.